The van der Waals surface area contributed by atoms with Crippen molar-refractivity contribution < 1.29 is 37.3 Å². The molecule has 0 bridgehead atoms. The third-order valence-corrected chi connectivity index (χ3v) is 9.56. The first-order chi connectivity index (χ1) is 22.9. The maximum Gasteiger partial charge on any atom is 0.231 e. The van der Waals surface area contributed by atoms with Crippen LogP contribution >= 0.6 is 0 Å². The van der Waals surface area contributed by atoms with Crippen molar-refractivity contribution in [2.24, 2.45) is 11.8 Å². The van der Waals surface area contributed by atoms with Gasteiger partial charge in [0, 0.05) is 49.7 Å². The molecule has 4 aliphatic rings. The number of rotatable bonds is 9. The van der Waals surface area contributed by atoms with Crippen LogP contribution in [0.3, 0.4) is 0 Å². The monoisotopic (exact) mass is 642 g/mol. The number of ketones is 2. The van der Waals surface area contributed by atoms with Crippen LogP contribution in [0.4, 0.5) is 8.78 Å². The molecule has 1 N–H and O–H groups in total. The molecule has 3 aliphatic heterocycles. The normalized spacial score (nSPS) is 24.1. The Labute approximate surface area is 271 Å². The van der Waals surface area contributed by atoms with E-state index in [1.807, 2.05) is 36.4 Å². The molecule has 3 heterocycles. The number of halogens is 2. The topological polar surface area (TPSA) is 86.3 Å². The summed E-state index contributed by atoms with van der Waals surface area (Å²) in [5.41, 5.74) is 2.63. The van der Waals surface area contributed by atoms with Gasteiger partial charge in [-0.2, -0.15) is 0 Å². The van der Waals surface area contributed by atoms with Crippen LogP contribution in [0.2, 0.25) is 0 Å². The number of likely N-dealkylation sites (tertiary alicyclic amines) is 1. The molecule has 1 aliphatic carbocycles. The molecule has 0 amide bonds. The molecule has 2 fully saturated rings. The molecule has 0 spiro atoms. The van der Waals surface area contributed by atoms with E-state index in [2.05, 4.69) is 10.2 Å². The average Bonchev–Trinajstić information content (AvgIpc) is 3.57. The van der Waals surface area contributed by atoms with E-state index in [0.29, 0.717) is 68.0 Å². The summed E-state index contributed by atoms with van der Waals surface area (Å²) in [5.74, 6) is 0.790. The number of carbonyl (C=O) groups excluding carboxylic acids is 2. The number of piperidine rings is 2. The summed E-state index contributed by atoms with van der Waals surface area (Å²) in [6.07, 6.45) is 4.26. The summed E-state index contributed by atoms with van der Waals surface area (Å²) >= 11 is 0. The molecule has 8 nitrogen and oxygen atoms in total. The summed E-state index contributed by atoms with van der Waals surface area (Å²) in [6.45, 7) is 3.51. The van der Waals surface area contributed by atoms with Crippen molar-refractivity contribution in [2.45, 2.75) is 24.7 Å². The van der Waals surface area contributed by atoms with E-state index in [0.717, 1.165) is 24.1 Å². The lowest BCUT2D eigenvalue weighted by Gasteiger charge is -2.41. The second kappa shape index (κ2) is 13.6. The first kappa shape index (κ1) is 30.9. The Balaban J connectivity index is 1.09. The van der Waals surface area contributed by atoms with Gasteiger partial charge < -0.3 is 29.2 Å². The first-order valence-corrected chi connectivity index (χ1v) is 16.0. The van der Waals surface area contributed by atoms with Crippen LogP contribution in [0.1, 0.15) is 35.8 Å². The van der Waals surface area contributed by atoms with Crippen molar-refractivity contribution in [3.05, 3.63) is 113 Å². The third-order valence-electron chi connectivity index (χ3n) is 9.56. The predicted molar refractivity (Wildman–Crippen MR) is 169 cm³/mol. The number of ether oxygens (including phenoxy) is 4. The molecule has 47 heavy (non-hydrogen) atoms. The Morgan fingerprint density at radius 3 is 2.17 bits per heavy atom. The van der Waals surface area contributed by atoms with Crippen LogP contribution in [0.5, 0.6) is 17.2 Å². The molecular formula is C37H36F2N2O6. The smallest absolute Gasteiger partial charge is 0.231 e. The van der Waals surface area contributed by atoms with Crippen LogP contribution in [0.25, 0.3) is 0 Å². The zero-order valence-corrected chi connectivity index (χ0v) is 25.8. The standard InChI is InChI=1S/C37H36F2N2O6/c38-27-5-1-23(2-6-27)30-11-13-40-18-25(30)20-45-36-17-34(43)33(42)16-32(36)41-14-12-31(24-3-7-28(39)8-4-24)26(19-41)21-44-29-9-10-35-37(15-29)47-22-46-35/h1-10,15-17,25-26,30-31,40H,11-14,18-22H2/t25-,26-,30-,31-/m0/s1. The molecule has 3 aromatic carbocycles. The number of nitrogens with zero attached hydrogens (tertiary/aromatic N) is 1. The fraction of sp³-hybridized carbons (Fsp3) is 0.351. The van der Waals surface area contributed by atoms with Crippen molar-refractivity contribution >= 4 is 11.6 Å². The van der Waals surface area contributed by atoms with E-state index in [4.69, 9.17) is 18.9 Å². The minimum absolute atomic E-state index is 0.0417. The van der Waals surface area contributed by atoms with Crippen molar-refractivity contribution in [1.82, 2.24) is 10.2 Å². The number of hydrogen-bond acceptors (Lipinski definition) is 8. The molecule has 0 aromatic heterocycles. The van der Waals surface area contributed by atoms with Gasteiger partial charge in [-0.3, -0.25) is 9.59 Å². The lowest BCUT2D eigenvalue weighted by Crippen LogP contribution is -2.43. The van der Waals surface area contributed by atoms with Crippen LogP contribution in [0, 0.1) is 23.5 Å². The first-order valence-electron chi connectivity index (χ1n) is 16.0. The Hall–Kier alpha value is -4.70. The molecule has 0 unspecified atom stereocenters. The molecule has 244 valence electrons. The maximum atomic E-state index is 13.8. The van der Waals surface area contributed by atoms with Crippen molar-refractivity contribution in [1.29, 1.82) is 0 Å². The van der Waals surface area contributed by atoms with Gasteiger partial charge in [0.25, 0.3) is 0 Å². The van der Waals surface area contributed by atoms with Crippen LogP contribution in [-0.2, 0) is 14.3 Å². The molecule has 4 atom stereocenters. The quantitative estimate of drug-likeness (QED) is 0.242. The minimum atomic E-state index is -0.621. The van der Waals surface area contributed by atoms with Gasteiger partial charge in [0.1, 0.15) is 23.1 Å². The molecule has 3 aromatic rings. The summed E-state index contributed by atoms with van der Waals surface area (Å²) in [7, 11) is 0. The molecule has 10 heteroatoms. The van der Waals surface area contributed by atoms with Gasteiger partial charge in [0.2, 0.25) is 18.4 Å². The van der Waals surface area contributed by atoms with E-state index in [-0.39, 0.29) is 42.1 Å². The lowest BCUT2D eigenvalue weighted by atomic mass is 9.80. The van der Waals surface area contributed by atoms with E-state index >= 15 is 0 Å². The van der Waals surface area contributed by atoms with Gasteiger partial charge in [-0.05, 0) is 78.7 Å². The fourth-order valence-electron chi connectivity index (χ4n) is 7.08. The fourth-order valence-corrected chi connectivity index (χ4v) is 7.08. The van der Waals surface area contributed by atoms with E-state index in [9.17, 15) is 18.4 Å². The number of benzene rings is 3. The summed E-state index contributed by atoms with van der Waals surface area (Å²) in [4.78, 5) is 27.4. The highest BCUT2D eigenvalue weighted by molar-refractivity contribution is 6.46. The Morgan fingerprint density at radius 2 is 1.43 bits per heavy atom. The molecule has 0 saturated carbocycles. The predicted octanol–water partition coefficient (Wildman–Crippen LogP) is 5.51. The summed E-state index contributed by atoms with van der Waals surface area (Å²) < 4.78 is 51.1. The van der Waals surface area contributed by atoms with E-state index < -0.39 is 11.6 Å². The highest BCUT2D eigenvalue weighted by Crippen LogP contribution is 2.39. The Kier molecular flexibility index (Phi) is 8.93. The number of allylic oxidation sites excluding steroid dienone is 2. The number of hydrogen-bond donors (Lipinski definition) is 1. The lowest BCUT2D eigenvalue weighted by molar-refractivity contribution is -0.131. The second-order valence-corrected chi connectivity index (χ2v) is 12.5. The third kappa shape index (κ3) is 6.88. The molecule has 7 rings (SSSR count). The van der Waals surface area contributed by atoms with Crippen molar-refractivity contribution in [3.63, 3.8) is 0 Å². The van der Waals surface area contributed by atoms with E-state index in [1.54, 1.807) is 6.07 Å². The van der Waals surface area contributed by atoms with Gasteiger partial charge in [-0.25, -0.2) is 8.78 Å². The summed E-state index contributed by atoms with van der Waals surface area (Å²) in [5, 5.41) is 3.42. The van der Waals surface area contributed by atoms with Gasteiger partial charge in [0.05, 0.1) is 18.9 Å². The highest BCUT2D eigenvalue weighted by atomic mass is 19.1. The molecule has 0 radical (unpaired) electrons. The van der Waals surface area contributed by atoms with Gasteiger partial charge in [0.15, 0.2) is 11.5 Å². The zero-order valence-electron chi connectivity index (χ0n) is 25.8. The maximum absolute atomic E-state index is 13.8. The Bertz CT molecular complexity index is 1690. The van der Waals surface area contributed by atoms with Crippen LogP contribution in [0.15, 0.2) is 90.3 Å². The Morgan fingerprint density at radius 1 is 0.766 bits per heavy atom. The van der Waals surface area contributed by atoms with Gasteiger partial charge >= 0.3 is 0 Å². The molecule has 2 saturated heterocycles. The summed E-state index contributed by atoms with van der Waals surface area (Å²) in [6, 6.07) is 18.6. The van der Waals surface area contributed by atoms with Gasteiger partial charge in [-0.15, -0.1) is 0 Å². The average molecular weight is 643 g/mol. The van der Waals surface area contributed by atoms with Crippen LogP contribution < -0.4 is 19.5 Å². The highest BCUT2D eigenvalue weighted by Gasteiger charge is 2.36. The van der Waals surface area contributed by atoms with Crippen molar-refractivity contribution in [2.75, 3.05) is 46.2 Å². The number of nitrogens with one attached hydrogen (secondary N) is 1. The van der Waals surface area contributed by atoms with E-state index in [1.165, 1.54) is 36.4 Å². The number of carbonyl (C=O) groups is 2. The number of fused-ring (bicyclic) bond motifs is 1. The SMILES string of the molecule is O=C1C=C(OC[C@@H]2CNCC[C@H]2c2ccc(F)cc2)C(N2CC[C@@H](c3ccc(F)cc3)[C@H](COc3ccc4c(c3)OCO4)C2)=CC1=O. The zero-order chi connectivity index (χ0) is 32.3. The molecular weight excluding hydrogens is 606 g/mol. The van der Waals surface area contributed by atoms with Crippen molar-refractivity contribution in [3.8, 4) is 17.2 Å². The second-order valence-electron chi connectivity index (χ2n) is 12.5. The van der Waals surface area contributed by atoms with Gasteiger partial charge in [-0.1, -0.05) is 24.3 Å². The van der Waals surface area contributed by atoms with Crippen LogP contribution in [-0.4, -0.2) is 62.7 Å². The minimum Gasteiger partial charge on any atom is -0.493 e. The largest absolute Gasteiger partial charge is 0.493 e.